The molecule has 1 aliphatic carbocycles. The second-order valence-corrected chi connectivity index (χ2v) is 10.7. The minimum Gasteiger partial charge on any atom is -0.495 e. The van der Waals surface area contributed by atoms with E-state index in [1.807, 2.05) is 4.72 Å². The van der Waals surface area contributed by atoms with Crippen molar-refractivity contribution in [3.63, 3.8) is 0 Å². The third-order valence-electron chi connectivity index (χ3n) is 5.27. The van der Waals surface area contributed by atoms with E-state index < -0.39 is 21.8 Å². The van der Waals surface area contributed by atoms with Gasteiger partial charge in [-0.1, -0.05) is 17.7 Å². The minimum atomic E-state index is -3.62. The molecule has 0 aliphatic heterocycles. The smallest absolute Gasteiger partial charge is 0.236 e. The lowest BCUT2D eigenvalue weighted by Crippen LogP contribution is -2.45. The number of sulfonamides is 1. The van der Waals surface area contributed by atoms with Crippen molar-refractivity contribution >= 4 is 54.4 Å². The Bertz CT molecular complexity index is 1410. The molecule has 1 fully saturated rings. The monoisotopic (exact) mass is 555 g/mol. The number of ether oxygens (including phenoxy) is 2. The second kappa shape index (κ2) is 9.00. The van der Waals surface area contributed by atoms with Crippen molar-refractivity contribution in [1.82, 2.24) is 4.72 Å². The highest BCUT2D eigenvalue weighted by atomic mass is 79.9. The van der Waals surface area contributed by atoms with Crippen LogP contribution in [0.15, 0.2) is 50.1 Å². The van der Waals surface area contributed by atoms with Crippen LogP contribution in [0, 0.1) is 5.92 Å². The highest BCUT2D eigenvalue weighted by Gasteiger charge is 2.37. The average Bonchev–Trinajstić information content (AvgIpc) is 2.70. The average molecular weight is 557 g/mol. The molecule has 0 radical (unpaired) electrons. The molecule has 1 aromatic heterocycles. The Labute approximate surface area is 203 Å². The van der Waals surface area contributed by atoms with Crippen LogP contribution >= 0.6 is 27.5 Å². The lowest BCUT2D eigenvalue weighted by Gasteiger charge is -2.34. The Morgan fingerprint density at radius 2 is 1.94 bits per heavy atom. The Hall–Kier alpha value is -2.56. The summed E-state index contributed by atoms with van der Waals surface area (Å²) in [5, 5.41) is 0.667. The highest BCUT2D eigenvalue weighted by molar-refractivity contribution is 9.10. The maximum absolute atomic E-state index is 12.7. The zero-order chi connectivity index (χ0) is 23.9. The van der Waals surface area contributed by atoms with Gasteiger partial charge < -0.3 is 13.9 Å². The van der Waals surface area contributed by atoms with Crippen molar-refractivity contribution in [3.8, 4) is 22.8 Å². The number of fused-ring (bicyclic) bond motifs is 1. The summed E-state index contributed by atoms with van der Waals surface area (Å²) in [7, 11) is -2.11. The lowest BCUT2D eigenvalue weighted by atomic mass is 9.82. The normalized spacial score (nSPS) is 17.9. The molecule has 174 valence electrons. The van der Waals surface area contributed by atoms with E-state index in [4.69, 9.17) is 25.5 Å². The van der Waals surface area contributed by atoms with E-state index in [9.17, 15) is 18.0 Å². The SMILES string of the molecule is COc1cc(OC2CC(C(=O)NS(C)(=O)=O)C2)c(-c2cc(=O)c3cccc(Cl)c3o2)cc1Br. The largest absolute Gasteiger partial charge is 0.495 e. The van der Waals surface area contributed by atoms with Crippen molar-refractivity contribution < 1.29 is 27.1 Å². The number of carbonyl (C=O) groups excluding carboxylic acids is 1. The molecule has 11 heteroatoms. The first-order valence-corrected chi connectivity index (χ1v) is 12.9. The first kappa shape index (κ1) is 23.6. The van der Waals surface area contributed by atoms with Gasteiger partial charge in [-0.05, 0) is 47.0 Å². The van der Waals surface area contributed by atoms with Gasteiger partial charge >= 0.3 is 0 Å². The molecule has 8 nitrogen and oxygen atoms in total. The van der Waals surface area contributed by atoms with Gasteiger partial charge in [0.2, 0.25) is 15.9 Å². The molecule has 0 saturated heterocycles. The molecule has 0 bridgehead atoms. The summed E-state index contributed by atoms with van der Waals surface area (Å²) >= 11 is 9.68. The van der Waals surface area contributed by atoms with Crippen molar-refractivity contribution in [2.75, 3.05) is 13.4 Å². The van der Waals surface area contributed by atoms with Crippen LogP contribution in [0.3, 0.4) is 0 Å². The van der Waals surface area contributed by atoms with Gasteiger partial charge in [-0.2, -0.15) is 0 Å². The van der Waals surface area contributed by atoms with Crippen molar-refractivity contribution in [1.29, 1.82) is 0 Å². The number of hydrogen-bond donors (Lipinski definition) is 1. The molecule has 1 saturated carbocycles. The van der Waals surface area contributed by atoms with Crippen molar-refractivity contribution in [3.05, 3.63) is 56.1 Å². The number of methoxy groups -OCH3 is 1. The molecular weight excluding hydrogens is 538 g/mol. The zero-order valence-electron chi connectivity index (χ0n) is 17.6. The Balaban J connectivity index is 1.67. The number of hydrogen-bond acceptors (Lipinski definition) is 7. The van der Waals surface area contributed by atoms with E-state index in [1.165, 1.54) is 13.2 Å². The van der Waals surface area contributed by atoms with Crippen LogP contribution in [0.4, 0.5) is 0 Å². The Kier molecular flexibility index (Phi) is 6.43. The predicted octanol–water partition coefficient (Wildman–Crippen LogP) is 4.12. The minimum absolute atomic E-state index is 0.254. The lowest BCUT2D eigenvalue weighted by molar-refractivity contribution is -0.128. The molecule has 1 amide bonds. The van der Waals surface area contributed by atoms with Gasteiger partial charge in [0.1, 0.15) is 23.4 Å². The van der Waals surface area contributed by atoms with Crippen LogP contribution in [-0.4, -0.2) is 33.8 Å². The molecule has 1 aliphatic rings. The summed E-state index contributed by atoms with van der Waals surface area (Å²) in [6.07, 6.45) is 1.28. The van der Waals surface area contributed by atoms with Gasteiger partial charge in [-0.3, -0.25) is 14.3 Å². The summed E-state index contributed by atoms with van der Waals surface area (Å²) < 4.78 is 42.6. The Morgan fingerprint density at radius 1 is 1.21 bits per heavy atom. The molecule has 0 spiro atoms. The number of amides is 1. The van der Waals surface area contributed by atoms with E-state index in [-0.39, 0.29) is 22.9 Å². The molecule has 33 heavy (non-hydrogen) atoms. The van der Waals surface area contributed by atoms with Crippen LogP contribution in [0.2, 0.25) is 5.02 Å². The quantitative estimate of drug-likeness (QED) is 0.486. The molecular formula is C22H19BrClNO7S. The fourth-order valence-electron chi connectivity index (χ4n) is 3.58. The summed E-state index contributed by atoms with van der Waals surface area (Å²) in [6.45, 7) is 0. The fourth-order valence-corrected chi connectivity index (χ4v) is 4.83. The first-order valence-electron chi connectivity index (χ1n) is 9.84. The van der Waals surface area contributed by atoms with E-state index >= 15 is 0 Å². The van der Waals surface area contributed by atoms with Gasteiger partial charge in [0.15, 0.2) is 11.0 Å². The van der Waals surface area contributed by atoms with E-state index in [1.54, 1.807) is 30.3 Å². The standard InChI is InChI=1S/C22H19BrClNO7S/c1-30-20-10-19(31-12-6-11(7-12)22(27)25-33(2,28)29)14(8-15(20)23)18-9-17(26)13-4-3-5-16(24)21(13)32-18/h3-5,8-12H,6-7H2,1-2H3,(H,25,27). The van der Waals surface area contributed by atoms with E-state index in [0.717, 1.165) is 6.26 Å². The third kappa shape index (κ3) is 5.02. The van der Waals surface area contributed by atoms with Gasteiger partial charge in [0.05, 0.1) is 33.8 Å². The third-order valence-corrected chi connectivity index (χ3v) is 6.76. The Morgan fingerprint density at radius 3 is 2.61 bits per heavy atom. The molecule has 1 N–H and O–H groups in total. The van der Waals surface area contributed by atoms with Crippen LogP contribution < -0.4 is 19.6 Å². The van der Waals surface area contributed by atoms with E-state index in [2.05, 4.69) is 15.9 Å². The fraction of sp³-hybridized carbons (Fsp3) is 0.273. The van der Waals surface area contributed by atoms with Crippen LogP contribution in [0.25, 0.3) is 22.3 Å². The van der Waals surface area contributed by atoms with Gasteiger partial charge in [0, 0.05) is 18.1 Å². The molecule has 4 rings (SSSR count). The van der Waals surface area contributed by atoms with Crippen molar-refractivity contribution in [2.24, 2.45) is 5.92 Å². The number of para-hydroxylation sites is 1. The summed E-state index contributed by atoms with van der Waals surface area (Å²) in [5.41, 5.74) is 0.499. The summed E-state index contributed by atoms with van der Waals surface area (Å²) in [4.78, 5) is 24.7. The second-order valence-electron chi connectivity index (χ2n) is 7.72. The molecule has 3 aromatic rings. The number of carbonyl (C=O) groups is 1. The van der Waals surface area contributed by atoms with Gasteiger partial charge in [-0.15, -0.1) is 0 Å². The zero-order valence-corrected chi connectivity index (χ0v) is 20.7. The first-order chi connectivity index (χ1) is 15.6. The maximum Gasteiger partial charge on any atom is 0.236 e. The number of halogens is 2. The number of benzene rings is 2. The topological polar surface area (TPSA) is 112 Å². The molecule has 0 atom stereocenters. The number of rotatable bonds is 6. The number of nitrogens with one attached hydrogen (secondary N) is 1. The molecule has 1 heterocycles. The summed E-state index contributed by atoms with van der Waals surface area (Å²) in [6, 6.07) is 9.67. The van der Waals surface area contributed by atoms with Crippen LogP contribution in [0.1, 0.15) is 12.8 Å². The van der Waals surface area contributed by atoms with Gasteiger partial charge in [-0.25, -0.2) is 8.42 Å². The van der Waals surface area contributed by atoms with Gasteiger partial charge in [0.25, 0.3) is 0 Å². The van der Waals surface area contributed by atoms with Crippen molar-refractivity contribution in [2.45, 2.75) is 18.9 Å². The maximum atomic E-state index is 12.7. The van der Waals surface area contributed by atoms with E-state index in [0.29, 0.717) is 44.8 Å². The highest BCUT2D eigenvalue weighted by Crippen LogP contribution is 2.42. The van der Waals surface area contributed by atoms with Crippen LogP contribution in [-0.2, 0) is 14.8 Å². The van der Waals surface area contributed by atoms with Crippen LogP contribution in [0.5, 0.6) is 11.5 Å². The summed E-state index contributed by atoms with van der Waals surface area (Å²) in [5.74, 6) is 0.117. The predicted molar refractivity (Wildman–Crippen MR) is 127 cm³/mol. The molecule has 0 unspecified atom stereocenters. The molecule has 2 aromatic carbocycles.